The molecule has 4 N–H and O–H groups in total. The number of carbonyl (C=O) groups excluding carboxylic acids is 3. The molecule has 0 aliphatic heterocycles. The monoisotopic (exact) mass is 1430 g/mol. The molecule has 0 aliphatic carbocycles. The number of esters is 3. The zero-order chi connectivity index (χ0) is 72.3. The topological polar surface area (TPSA) is 231 Å². The van der Waals surface area contributed by atoms with Gasteiger partial charge in [-0.3, -0.25) is 32.5 Å². The second-order valence-corrected chi connectivity index (χ2v) is 28.0. The molecule has 0 heterocycles. The van der Waals surface area contributed by atoms with Gasteiger partial charge in [-0.1, -0.05) is 308 Å². The highest BCUT2D eigenvalue weighted by molar-refractivity contribution is 7.47. The number of carbonyl (C=O) groups is 3. The number of rotatable bonds is 71. The molecule has 0 radical (unpaired) electrons. The zero-order valence-electron chi connectivity index (χ0n) is 61.6. The first-order valence-corrected chi connectivity index (χ1v) is 41.1. The molecule has 0 amide bonds. The van der Waals surface area contributed by atoms with E-state index in [0.29, 0.717) is 25.7 Å². The Morgan fingerprint density at radius 2 is 0.556 bits per heavy atom. The van der Waals surface area contributed by atoms with Gasteiger partial charge in [0.25, 0.3) is 0 Å². The molecule has 0 bridgehead atoms. The van der Waals surface area contributed by atoms with Gasteiger partial charge in [-0.25, -0.2) is 9.13 Å². The van der Waals surface area contributed by atoms with Crippen molar-refractivity contribution < 1.29 is 75.8 Å². The summed E-state index contributed by atoms with van der Waals surface area (Å²) in [5.41, 5.74) is 0. The first-order chi connectivity index (χ1) is 48.2. The molecule has 0 saturated carbocycles. The quantitative estimate of drug-likeness (QED) is 0.0146. The third-order valence-corrected chi connectivity index (χ3v) is 17.5. The predicted molar refractivity (Wildman–Crippen MR) is 408 cm³/mol. The van der Waals surface area contributed by atoms with Gasteiger partial charge >= 0.3 is 33.6 Å². The van der Waals surface area contributed by atoms with E-state index in [1.165, 1.54) is 96.3 Å². The highest BCUT2D eigenvalue weighted by Crippen LogP contribution is 2.45. The molecule has 0 aromatic heterocycles. The number of unbranched alkanes of at least 4 members (excludes halogenated alkanes) is 24. The van der Waals surface area contributed by atoms with Crippen molar-refractivity contribution in [2.45, 2.75) is 309 Å². The Hall–Kier alpha value is -4.57. The van der Waals surface area contributed by atoms with Crippen molar-refractivity contribution in [2.24, 2.45) is 0 Å². The summed E-state index contributed by atoms with van der Waals surface area (Å²) >= 11 is 0. The summed E-state index contributed by atoms with van der Waals surface area (Å²) in [4.78, 5) is 58.5. The Balaban J connectivity index is 4.59. The summed E-state index contributed by atoms with van der Waals surface area (Å²) < 4.78 is 61.0. The Kier molecular flexibility index (Phi) is 69.8. The minimum Gasteiger partial charge on any atom is -0.463 e. The number of hydrogen-bond acceptors (Lipinski definition) is 14. The van der Waals surface area contributed by atoms with Crippen molar-refractivity contribution in [1.29, 1.82) is 0 Å². The van der Waals surface area contributed by atoms with E-state index in [4.69, 9.17) is 32.3 Å². The molecule has 0 aromatic carbocycles. The van der Waals surface area contributed by atoms with Crippen LogP contribution >= 0.6 is 15.6 Å². The Morgan fingerprint density at radius 3 is 0.909 bits per heavy atom. The molecule has 0 spiro atoms. The molecule has 0 aromatic rings. The van der Waals surface area contributed by atoms with Crippen LogP contribution in [-0.4, -0.2) is 95.9 Å². The molecule has 0 aliphatic rings. The molecular weight excluding hydrogens is 1290 g/mol. The van der Waals surface area contributed by atoms with Crippen molar-refractivity contribution in [3.05, 3.63) is 146 Å². The number of aliphatic hydroxyl groups excluding tert-OH is 2. The van der Waals surface area contributed by atoms with Gasteiger partial charge in [0.2, 0.25) is 0 Å². The van der Waals surface area contributed by atoms with Gasteiger partial charge < -0.3 is 34.2 Å². The van der Waals surface area contributed by atoms with Crippen LogP contribution in [0.5, 0.6) is 0 Å². The van der Waals surface area contributed by atoms with Gasteiger partial charge in [0.05, 0.1) is 26.4 Å². The minimum atomic E-state index is -4.95. The van der Waals surface area contributed by atoms with Crippen LogP contribution in [0.3, 0.4) is 0 Å². The van der Waals surface area contributed by atoms with E-state index in [-0.39, 0.29) is 19.3 Å². The second-order valence-electron chi connectivity index (χ2n) is 25.0. The lowest BCUT2D eigenvalue weighted by molar-refractivity contribution is -0.161. The van der Waals surface area contributed by atoms with Crippen LogP contribution in [0, 0.1) is 0 Å². The van der Waals surface area contributed by atoms with Gasteiger partial charge in [-0.15, -0.1) is 0 Å². The Morgan fingerprint density at radius 1 is 0.293 bits per heavy atom. The smallest absolute Gasteiger partial charge is 0.463 e. The van der Waals surface area contributed by atoms with Crippen LogP contribution in [0.4, 0.5) is 0 Å². The van der Waals surface area contributed by atoms with Crippen LogP contribution in [-0.2, 0) is 55.8 Å². The third kappa shape index (κ3) is 74.4. The first-order valence-electron chi connectivity index (χ1n) is 38.1. The summed E-state index contributed by atoms with van der Waals surface area (Å²) in [6, 6.07) is 0. The largest absolute Gasteiger partial charge is 0.472 e. The molecule has 0 rings (SSSR count). The number of ether oxygens (including phenoxy) is 3. The van der Waals surface area contributed by atoms with Crippen LogP contribution in [0.15, 0.2) is 146 Å². The van der Waals surface area contributed by atoms with Crippen LogP contribution in [0.2, 0.25) is 0 Å². The molecule has 0 fully saturated rings. The van der Waals surface area contributed by atoms with Crippen molar-refractivity contribution in [3.63, 3.8) is 0 Å². The van der Waals surface area contributed by atoms with E-state index < -0.39 is 91.5 Å². The molecular formula is C81H136O16P2. The lowest BCUT2D eigenvalue weighted by Crippen LogP contribution is -2.30. The fraction of sp³-hybridized carbons (Fsp3) is 0.667. The van der Waals surface area contributed by atoms with E-state index >= 15 is 0 Å². The summed E-state index contributed by atoms with van der Waals surface area (Å²) in [6.07, 6.45) is 89.1. The first kappa shape index (κ1) is 94.4. The zero-order valence-corrected chi connectivity index (χ0v) is 63.4. The molecule has 5 unspecified atom stereocenters. The molecule has 99 heavy (non-hydrogen) atoms. The summed E-state index contributed by atoms with van der Waals surface area (Å²) in [6.45, 7) is 2.36. The second kappa shape index (κ2) is 73.2. The molecule has 18 heteroatoms. The highest BCUT2D eigenvalue weighted by atomic mass is 31.2. The van der Waals surface area contributed by atoms with Crippen LogP contribution < -0.4 is 0 Å². The highest BCUT2D eigenvalue weighted by Gasteiger charge is 2.29. The summed E-state index contributed by atoms with van der Waals surface area (Å²) in [5, 5.41) is 20.6. The number of hydrogen-bond donors (Lipinski definition) is 4. The van der Waals surface area contributed by atoms with Crippen molar-refractivity contribution in [3.8, 4) is 0 Å². The molecule has 566 valence electrons. The standard InChI is InChI=1S/C81H136O16P2/c1-4-7-10-13-16-19-22-25-28-30-32-33-34-35-36-37-38-39-40-41-43-45-47-49-52-55-58-61-64-67-79(84)91-70-76(82)71-93-98(87,88)94-72-77(83)73-95-99(89,90)96-75-78(97-81(86)69-66-63-60-57-54-51-46-27-24-21-18-15-12-9-6-3)74-92-80(85)68-65-62-59-56-53-50-48-44-42-31-29-26-23-20-17-14-11-8-5-2/h7-8,10-11,16-17,19-20,25-26,28-29,32-33,35-36,38-39,42,44,50,53,59,62,76-78,82-83H,4-6,9,12-15,18,21-24,27,30-31,34,37,40-41,43,45-49,51-52,54-58,60-61,63-75H2,1-3H3,(H,87,88)(H,89,90)/b10-7-,11-8-,19-16-,20-17-,28-25-,29-26-,33-32-,36-35-,39-38-,44-42-,53-50-,62-59-. The predicted octanol–water partition coefficient (Wildman–Crippen LogP) is 22.1. The number of allylic oxidation sites excluding steroid dienone is 24. The van der Waals surface area contributed by atoms with Gasteiger partial charge in [-0.2, -0.15) is 0 Å². The fourth-order valence-corrected chi connectivity index (χ4v) is 11.4. The normalized spacial score (nSPS) is 14.9. The minimum absolute atomic E-state index is 0.0439. The Labute approximate surface area is 600 Å². The van der Waals surface area contributed by atoms with Crippen molar-refractivity contribution in [1.82, 2.24) is 0 Å². The van der Waals surface area contributed by atoms with Gasteiger partial charge in [0.1, 0.15) is 25.4 Å². The van der Waals surface area contributed by atoms with E-state index in [9.17, 15) is 43.5 Å². The van der Waals surface area contributed by atoms with E-state index in [1.54, 1.807) is 0 Å². The number of phosphoric acid groups is 2. The molecule has 0 saturated heterocycles. The average Bonchev–Trinajstić information content (AvgIpc) is 1.73. The SMILES string of the molecule is CC/C=C\C/C=C\C/C=C\C/C=C\C/C=C\C/C=C\CCCCCCCCCCCCC(=O)OCC(O)COP(=O)(O)OCC(O)COP(=O)(O)OCC(COC(=O)CC/C=C\C/C=C\C/C=C\C/C=C\C/C=C\C/C=C\CC)OC(=O)CCCCCCCCCCCCCCCCC. The molecule has 5 atom stereocenters. The average molecular weight is 1430 g/mol. The third-order valence-electron chi connectivity index (χ3n) is 15.6. The van der Waals surface area contributed by atoms with Crippen molar-refractivity contribution in [2.75, 3.05) is 39.6 Å². The van der Waals surface area contributed by atoms with Gasteiger partial charge in [0, 0.05) is 19.3 Å². The summed E-state index contributed by atoms with van der Waals surface area (Å²) in [5.74, 6) is -1.68. The maximum atomic E-state index is 12.9. The van der Waals surface area contributed by atoms with Crippen molar-refractivity contribution >= 4 is 33.6 Å². The lowest BCUT2D eigenvalue weighted by atomic mass is 10.0. The van der Waals surface area contributed by atoms with E-state index in [1.807, 2.05) is 18.2 Å². The lowest BCUT2D eigenvalue weighted by Gasteiger charge is -2.21. The maximum Gasteiger partial charge on any atom is 0.472 e. The van der Waals surface area contributed by atoms with E-state index in [0.717, 1.165) is 128 Å². The maximum absolute atomic E-state index is 12.9. The van der Waals surface area contributed by atoms with Crippen LogP contribution in [0.25, 0.3) is 0 Å². The van der Waals surface area contributed by atoms with Gasteiger partial charge in [-0.05, 0) is 109 Å². The van der Waals surface area contributed by atoms with Crippen LogP contribution in [0.1, 0.15) is 290 Å². The van der Waals surface area contributed by atoms with E-state index in [2.05, 4.69) is 148 Å². The number of aliphatic hydroxyl groups is 2. The Bertz CT molecular complexity index is 2380. The van der Waals surface area contributed by atoms with Gasteiger partial charge in [0.15, 0.2) is 6.10 Å². The summed E-state index contributed by atoms with van der Waals surface area (Å²) in [7, 11) is -9.81. The number of phosphoric ester groups is 2. The fourth-order valence-electron chi connectivity index (χ4n) is 9.84. The molecule has 16 nitrogen and oxygen atoms in total.